The average Bonchev–Trinajstić information content (AvgIpc) is 2.77. The van der Waals surface area contributed by atoms with Gasteiger partial charge in [0.25, 0.3) is 5.56 Å². The number of aromatic nitrogens is 3. The Morgan fingerprint density at radius 3 is 2.60 bits per heavy atom. The van der Waals surface area contributed by atoms with Crippen molar-refractivity contribution in [2.75, 3.05) is 11.1 Å². The maximum Gasteiger partial charge on any atom is 0.262 e. The van der Waals surface area contributed by atoms with Gasteiger partial charge in [0.1, 0.15) is 0 Å². The number of anilines is 1. The number of fused-ring (bicyclic) bond motifs is 1. The second kappa shape index (κ2) is 9.11. The third-order valence-corrected chi connectivity index (χ3v) is 5.65. The number of pyridine rings is 1. The lowest BCUT2D eigenvalue weighted by Gasteiger charge is -2.13. The van der Waals surface area contributed by atoms with Crippen molar-refractivity contribution in [3.8, 4) is 0 Å². The lowest BCUT2D eigenvalue weighted by molar-refractivity contribution is -0.113. The molecule has 0 aliphatic heterocycles. The summed E-state index contributed by atoms with van der Waals surface area (Å²) in [4.78, 5) is 34.1. The summed E-state index contributed by atoms with van der Waals surface area (Å²) in [7, 11) is 0. The Labute approximate surface area is 181 Å². The third kappa shape index (κ3) is 4.53. The van der Waals surface area contributed by atoms with Crippen LogP contribution in [0.2, 0.25) is 5.15 Å². The van der Waals surface area contributed by atoms with Crippen molar-refractivity contribution in [1.82, 2.24) is 14.5 Å². The Morgan fingerprint density at radius 1 is 1.03 bits per heavy atom. The molecule has 2 aromatic heterocycles. The predicted molar refractivity (Wildman–Crippen MR) is 120 cm³/mol. The van der Waals surface area contributed by atoms with Crippen molar-refractivity contribution in [2.45, 2.75) is 11.7 Å². The molecule has 0 atom stereocenters. The molecule has 0 saturated heterocycles. The van der Waals surface area contributed by atoms with Crippen LogP contribution >= 0.6 is 23.4 Å². The first-order valence-electron chi connectivity index (χ1n) is 9.18. The number of para-hydroxylation sites is 1. The first kappa shape index (κ1) is 20.1. The van der Waals surface area contributed by atoms with Crippen LogP contribution in [0, 0.1) is 0 Å². The van der Waals surface area contributed by atoms with Crippen LogP contribution < -0.4 is 10.9 Å². The fourth-order valence-electron chi connectivity index (χ4n) is 2.96. The van der Waals surface area contributed by atoms with Crippen molar-refractivity contribution in [2.24, 2.45) is 0 Å². The van der Waals surface area contributed by atoms with E-state index in [-0.39, 0.29) is 22.4 Å². The molecule has 8 heteroatoms. The van der Waals surface area contributed by atoms with Gasteiger partial charge in [-0.1, -0.05) is 65.8 Å². The number of nitrogens with zero attached hydrogens (tertiary/aromatic N) is 3. The molecule has 0 radical (unpaired) electrons. The van der Waals surface area contributed by atoms with Crippen LogP contribution in [0.5, 0.6) is 0 Å². The van der Waals surface area contributed by atoms with Gasteiger partial charge in [-0.15, -0.1) is 0 Å². The summed E-state index contributed by atoms with van der Waals surface area (Å²) in [6.45, 7) is 0.371. The molecular formula is C22H17ClN4O2S. The Balaban J connectivity index is 1.62. The van der Waals surface area contributed by atoms with Gasteiger partial charge < -0.3 is 5.32 Å². The molecule has 0 aliphatic carbocycles. The van der Waals surface area contributed by atoms with Crippen LogP contribution in [0.4, 0.5) is 5.69 Å². The number of nitrogens with one attached hydrogen (secondary N) is 1. The zero-order chi connectivity index (χ0) is 20.9. The highest BCUT2D eigenvalue weighted by Crippen LogP contribution is 2.21. The third-order valence-electron chi connectivity index (χ3n) is 4.38. The Morgan fingerprint density at radius 2 is 1.80 bits per heavy atom. The number of hydrogen-bond acceptors (Lipinski definition) is 5. The van der Waals surface area contributed by atoms with E-state index in [1.54, 1.807) is 35.0 Å². The molecule has 0 bridgehead atoms. The van der Waals surface area contributed by atoms with E-state index >= 15 is 0 Å². The number of carbonyl (C=O) groups is 1. The van der Waals surface area contributed by atoms with E-state index < -0.39 is 0 Å². The van der Waals surface area contributed by atoms with Crippen LogP contribution in [0.25, 0.3) is 10.9 Å². The largest absolute Gasteiger partial charge is 0.323 e. The van der Waals surface area contributed by atoms with Gasteiger partial charge in [-0.05, 0) is 29.8 Å². The molecule has 4 aromatic rings. The molecule has 1 N–H and O–H groups in total. The minimum atomic E-state index is -0.261. The lowest BCUT2D eigenvalue weighted by Crippen LogP contribution is -2.25. The summed E-state index contributed by atoms with van der Waals surface area (Å²) in [6.07, 6.45) is 1.55. The fourth-order valence-corrected chi connectivity index (χ4v) is 3.92. The molecule has 2 heterocycles. The van der Waals surface area contributed by atoms with Gasteiger partial charge in [0.05, 0.1) is 28.9 Å². The van der Waals surface area contributed by atoms with Gasteiger partial charge in [-0.25, -0.2) is 9.97 Å². The molecular weight excluding hydrogens is 420 g/mol. The van der Waals surface area contributed by atoms with Crippen molar-refractivity contribution >= 4 is 45.9 Å². The molecule has 150 valence electrons. The van der Waals surface area contributed by atoms with Gasteiger partial charge in [0.15, 0.2) is 10.3 Å². The number of rotatable bonds is 6. The molecule has 0 unspecified atom stereocenters. The maximum absolute atomic E-state index is 13.1. The monoisotopic (exact) mass is 436 g/mol. The number of benzene rings is 2. The van der Waals surface area contributed by atoms with E-state index in [0.29, 0.717) is 28.3 Å². The van der Waals surface area contributed by atoms with Crippen molar-refractivity contribution < 1.29 is 4.79 Å². The van der Waals surface area contributed by atoms with Gasteiger partial charge in [0.2, 0.25) is 5.91 Å². The second-order valence-electron chi connectivity index (χ2n) is 6.47. The van der Waals surface area contributed by atoms with Crippen LogP contribution in [-0.4, -0.2) is 26.2 Å². The molecule has 0 saturated carbocycles. The van der Waals surface area contributed by atoms with Gasteiger partial charge >= 0.3 is 0 Å². The summed E-state index contributed by atoms with van der Waals surface area (Å²) in [5.41, 5.74) is 1.88. The summed E-state index contributed by atoms with van der Waals surface area (Å²) < 4.78 is 1.60. The van der Waals surface area contributed by atoms with Crippen LogP contribution in [-0.2, 0) is 11.3 Å². The molecule has 0 aliphatic rings. The van der Waals surface area contributed by atoms with Gasteiger partial charge in [-0.3, -0.25) is 14.2 Å². The second-order valence-corrected chi connectivity index (χ2v) is 7.77. The average molecular weight is 437 g/mol. The summed E-state index contributed by atoms with van der Waals surface area (Å²) >= 11 is 7.20. The molecule has 30 heavy (non-hydrogen) atoms. The molecule has 1 amide bonds. The number of amides is 1. The van der Waals surface area contributed by atoms with Gasteiger partial charge in [0, 0.05) is 6.20 Å². The number of hydrogen-bond donors (Lipinski definition) is 1. The van der Waals surface area contributed by atoms with E-state index in [2.05, 4.69) is 15.3 Å². The molecule has 2 aromatic carbocycles. The van der Waals surface area contributed by atoms with Crippen molar-refractivity contribution in [1.29, 1.82) is 0 Å². The summed E-state index contributed by atoms with van der Waals surface area (Å²) in [5.74, 6) is -0.186. The highest BCUT2D eigenvalue weighted by atomic mass is 35.5. The fraction of sp³-hybridized carbons (Fsp3) is 0.0909. The highest BCUT2D eigenvalue weighted by Gasteiger charge is 2.14. The first-order chi connectivity index (χ1) is 14.6. The van der Waals surface area contributed by atoms with Gasteiger partial charge in [-0.2, -0.15) is 0 Å². The maximum atomic E-state index is 13.1. The first-order valence-corrected chi connectivity index (χ1v) is 10.5. The topological polar surface area (TPSA) is 76.9 Å². The quantitative estimate of drug-likeness (QED) is 0.278. The van der Waals surface area contributed by atoms with Crippen LogP contribution in [0.3, 0.4) is 0 Å². The lowest BCUT2D eigenvalue weighted by atomic mass is 10.2. The molecule has 4 rings (SSSR count). The smallest absolute Gasteiger partial charge is 0.262 e. The van der Waals surface area contributed by atoms with Crippen molar-refractivity contribution in [3.63, 3.8) is 0 Å². The van der Waals surface area contributed by atoms with E-state index in [4.69, 9.17) is 11.6 Å². The van der Waals surface area contributed by atoms with E-state index in [9.17, 15) is 9.59 Å². The SMILES string of the molecule is O=C(CSc1nc2ccccc2c(=O)n1Cc1ccccc1)Nc1cccnc1Cl. The Kier molecular flexibility index (Phi) is 6.11. The molecule has 6 nitrogen and oxygen atoms in total. The number of carbonyl (C=O) groups excluding carboxylic acids is 1. The highest BCUT2D eigenvalue weighted by molar-refractivity contribution is 7.99. The normalized spacial score (nSPS) is 10.8. The zero-order valence-corrected chi connectivity index (χ0v) is 17.4. The number of halogens is 1. The minimum absolute atomic E-state index is 0.0742. The van der Waals surface area contributed by atoms with Crippen LogP contribution in [0.1, 0.15) is 5.56 Å². The summed E-state index contributed by atoms with van der Waals surface area (Å²) in [5, 5.41) is 3.98. The molecule has 0 spiro atoms. The standard InChI is InChI=1S/C22H17ClN4O2S/c23-20-18(11-6-12-24-20)25-19(28)14-30-22-26-17-10-5-4-9-16(17)21(29)27(22)13-15-7-2-1-3-8-15/h1-12H,13-14H2,(H,25,28). The Hall–Kier alpha value is -3.16. The Bertz CT molecular complexity index is 1260. The van der Waals surface area contributed by atoms with E-state index in [1.807, 2.05) is 42.5 Å². The van der Waals surface area contributed by atoms with Crippen molar-refractivity contribution in [3.05, 3.63) is 94.0 Å². The number of thioether (sulfide) groups is 1. The minimum Gasteiger partial charge on any atom is -0.323 e. The molecule has 0 fully saturated rings. The predicted octanol–water partition coefficient (Wildman–Crippen LogP) is 4.22. The van der Waals surface area contributed by atoms with E-state index in [0.717, 1.165) is 5.56 Å². The summed E-state index contributed by atoms with van der Waals surface area (Å²) in [6, 6.07) is 20.3. The van der Waals surface area contributed by atoms with Crippen LogP contribution in [0.15, 0.2) is 82.9 Å². The zero-order valence-electron chi connectivity index (χ0n) is 15.8. The van der Waals surface area contributed by atoms with E-state index in [1.165, 1.54) is 11.8 Å².